The van der Waals surface area contributed by atoms with Gasteiger partial charge in [0.05, 0.1) is 5.57 Å². The van der Waals surface area contributed by atoms with Crippen molar-refractivity contribution in [1.29, 1.82) is 5.26 Å². The molecule has 1 amide bonds. The van der Waals surface area contributed by atoms with Gasteiger partial charge < -0.3 is 15.4 Å². The Labute approximate surface area is 180 Å². The number of anilines is 1. The Balaban J connectivity index is 1.69. The summed E-state index contributed by atoms with van der Waals surface area (Å²) in [4.78, 5) is 28.9. The Kier molecular flexibility index (Phi) is 4.40. The van der Waals surface area contributed by atoms with Crippen molar-refractivity contribution in [1.82, 2.24) is 0 Å². The molecule has 1 unspecified atom stereocenters. The number of nitrogens with two attached hydrogens (primary N) is 1. The summed E-state index contributed by atoms with van der Waals surface area (Å²) in [5.41, 5.74) is 7.33. The standard InChI is InChI=1S/C25H21N3O3/c26-15-18-23(27)31-21-12-6-11-20(29)22(21)25(18)17-9-4-5-10-19(17)28(24(25)30)14-13-16-7-2-1-3-8-16/h1-5,7-10H,6,11-14,27H2. The minimum atomic E-state index is -1.53. The molecule has 31 heavy (non-hydrogen) atoms. The molecule has 1 aliphatic carbocycles. The number of nitrogens with zero attached hydrogens (tertiary/aromatic N) is 2. The first-order valence-electron chi connectivity index (χ1n) is 10.4. The van der Waals surface area contributed by atoms with Crippen molar-refractivity contribution in [2.24, 2.45) is 5.73 Å². The number of allylic oxidation sites excluding steroid dienone is 1. The van der Waals surface area contributed by atoms with Crippen molar-refractivity contribution in [3.63, 3.8) is 0 Å². The number of hydrogen-bond donors (Lipinski definition) is 1. The third-order valence-electron chi connectivity index (χ3n) is 6.34. The summed E-state index contributed by atoms with van der Waals surface area (Å²) < 4.78 is 5.70. The molecule has 1 spiro atoms. The van der Waals surface area contributed by atoms with Crippen LogP contribution in [0.3, 0.4) is 0 Å². The maximum Gasteiger partial charge on any atom is 0.247 e. The number of para-hydroxylation sites is 1. The first-order valence-corrected chi connectivity index (χ1v) is 10.4. The number of carbonyl (C=O) groups is 2. The summed E-state index contributed by atoms with van der Waals surface area (Å²) in [5, 5.41) is 10.0. The van der Waals surface area contributed by atoms with Crippen LogP contribution < -0.4 is 10.6 Å². The number of ether oxygens (including phenoxy) is 1. The first kappa shape index (κ1) is 19.1. The number of ketones is 1. The highest BCUT2D eigenvalue weighted by Gasteiger charge is 2.61. The summed E-state index contributed by atoms with van der Waals surface area (Å²) in [7, 11) is 0. The fraction of sp³-hybridized carbons (Fsp3) is 0.240. The summed E-state index contributed by atoms with van der Waals surface area (Å²) >= 11 is 0. The molecule has 0 saturated heterocycles. The number of rotatable bonds is 3. The Hall–Kier alpha value is -3.85. The van der Waals surface area contributed by atoms with E-state index in [2.05, 4.69) is 6.07 Å². The van der Waals surface area contributed by atoms with Gasteiger partial charge in [-0.3, -0.25) is 9.59 Å². The van der Waals surface area contributed by atoms with Crippen LogP contribution in [0.15, 0.2) is 77.4 Å². The van der Waals surface area contributed by atoms with E-state index in [-0.39, 0.29) is 28.7 Å². The molecule has 0 fully saturated rings. The Morgan fingerprint density at radius 2 is 1.81 bits per heavy atom. The SMILES string of the molecule is N#CC1=C(N)OC2=C(C(=O)CCC2)C12C(=O)N(CCc1ccccc1)c1ccccc12. The Morgan fingerprint density at radius 1 is 1.06 bits per heavy atom. The van der Waals surface area contributed by atoms with E-state index in [1.54, 1.807) is 4.90 Å². The smallest absolute Gasteiger partial charge is 0.247 e. The van der Waals surface area contributed by atoms with E-state index in [4.69, 9.17) is 10.5 Å². The third kappa shape index (κ3) is 2.63. The van der Waals surface area contributed by atoms with E-state index in [9.17, 15) is 14.9 Å². The van der Waals surface area contributed by atoms with Gasteiger partial charge in [0, 0.05) is 30.6 Å². The molecule has 2 N–H and O–H groups in total. The van der Waals surface area contributed by atoms with Crippen molar-refractivity contribution in [3.8, 4) is 6.07 Å². The van der Waals surface area contributed by atoms with Crippen LogP contribution in [0.5, 0.6) is 0 Å². The highest BCUT2D eigenvalue weighted by Crippen LogP contribution is 2.55. The lowest BCUT2D eigenvalue weighted by Crippen LogP contribution is -2.49. The quantitative estimate of drug-likeness (QED) is 0.836. The number of nitriles is 1. The van der Waals surface area contributed by atoms with E-state index in [1.165, 1.54) is 0 Å². The molecule has 6 heteroatoms. The first-order chi connectivity index (χ1) is 15.1. The monoisotopic (exact) mass is 411 g/mol. The summed E-state index contributed by atoms with van der Waals surface area (Å²) in [6, 6.07) is 19.4. The lowest BCUT2D eigenvalue weighted by Gasteiger charge is -2.37. The fourth-order valence-corrected chi connectivity index (χ4v) is 5.01. The van der Waals surface area contributed by atoms with Crippen molar-refractivity contribution in [2.45, 2.75) is 31.1 Å². The predicted molar refractivity (Wildman–Crippen MR) is 114 cm³/mol. The van der Waals surface area contributed by atoms with Gasteiger partial charge in [-0.15, -0.1) is 0 Å². The molecule has 1 atom stereocenters. The van der Waals surface area contributed by atoms with Crippen molar-refractivity contribution >= 4 is 17.4 Å². The average molecular weight is 411 g/mol. The second-order valence-electron chi connectivity index (χ2n) is 7.99. The van der Waals surface area contributed by atoms with Crippen LogP contribution in [0.4, 0.5) is 5.69 Å². The Morgan fingerprint density at radius 3 is 2.58 bits per heavy atom. The van der Waals surface area contributed by atoms with Gasteiger partial charge in [0.2, 0.25) is 11.8 Å². The zero-order valence-electron chi connectivity index (χ0n) is 16.9. The van der Waals surface area contributed by atoms with E-state index in [0.717, 1.165) is 5.56 Å². The molecule has 6 nitrogen and oxygen atoms in total. The van der Waals surface area contributed by atoms with Crippen molar-refractivity contribution in [3.05, 3.63) is 88.5 Å². The van der Waals surface area contributed by atoms with Gasteiger partial charge in [0.15, 0.2) is 5.78 Å². The average Bonchev–Trinajstić information content (AvgIpc) is 3.02. The fourth-order valence-electron chi connectivity index (χ4n) is 5.01. The van der Waals surface area contributed by atoms with Crippen LogP contribution in [0.25, 0.3) is 0 Å². The van der Waals surface area contributed by atoms with Crippen LogP contribution >= 0.6 is 0 Å². The number of hydrogen-bond acceptors (Lipinski definition) is 5. The molecule has 2 aliphatic heterocycles. The van der Waals surface area contributed by atoms with Gasteiger partial charge in [0.1, 0.15) is 22.8 Å². The number of carbonyl (C=O) groups excluding carboxylic acids is 2. The number of Topliss-reactive ketones (excluding diaryl/α,β-unsaturated/α-hetero) is 1. The second kappa shape index (κ2) is 7.13. The molecular weight excluding hydrogens is 390 g/mol. The van der Waals surface area contributed by atoms with E-state index < -0.39 is 5.41 Å². The molecule has 2 aromatic carbocycles. The predicted octanol–water partition coefficient (Wildman–Crippen LogP) is 3.24. The Bertz CT molecular complexity index is 1210. The summed E-state index contributed by atoms with van der Waals surface area (Å²) in [6.45, 7) is 0.428. The molecule has 5 rings (SSSR count). The number of amides is 1. The molecule has 2 heterocycles. The van der Waals surface area contributed by atoms with Crippen LogP contribution in [0.2, 0.25) is 0 Å². The minimum Gasteiger partial charge on any atom is -0.444 e. The zero-order chi connectivity index (χ0) is 21.6. The normalized spacial score (nSPS) is 22.4. The molecule has 0 aromatic heterocycles. The zero-order valence-corrected chi connectivity index (χ0v) is 16.9. The van der Waals surface area contributed by atoms with Gasteiger partial charge in [-0.25, -0.2) is 0 Å². The topological polar surface area (TPSA) is 96.4 Å². The summed E-state index contributed by atoms with van der Waals surface area (Å²) in [6.07, 6.45) is 2.12. The maximum atomic E-state index is 14.1. The van der Waals surface area contributed by atoms with Gasteiger partial charge in [-0.2, -0.15) is 5.26 Å². The molecule has 2 aromatic rings. The second-order valence-corrected chi connectivity index (χ2v) is 7.99. The van der Waals surface area contributed by atoms with Crippen LogP contribution in [0.1, 0.15) is 30.4 Å². The van der Waals surface area contributed by atoms with E-state index in [1.807, 2.05) is 54.6 Å². The molecule has 3 aliphatic rings. The van der Waals surface area contributed by atoms with Crippen LogP contribution in [-0.4, -0.2) is 18.2 Å². The van der Waals surface area contributed by atoms with Crippen molar-refractivity contribution < 1.29 is 14.3 Å². The van der Waals surface area contributed by atoms with Gasteiger partial charge in [-0.1, -0.05) is 48.5 Å². The number of benzene rings is 2. The highest BCUT2D eigenvalue weighted by molar-refractivity contribution is 6.20. The van der Waals surface area contributed by atoms with Crippen LogP contribution in [-0.2, 0) is 26.2 Å². The third-order valence-corrected chi connectivity index (χ3v) is 6.34. The molecule has 0 saturated carbocycles. The van der Waals surface area contributed by atoms with Crippen LogP contribution in [0, 0.1) is 11.3 Å². The van der Waals surface area contributed by atoms with E-state index in [0.29, 0.717) is 49.2 Å². The maximum absolute atomic E-state index is 14.1. The van der Waals surface area contributed by atoms with Crippen molar-refractivity contribution in [2.75, 3.05) is 11.4 Å². The van der Waals surface area contributed by atoms with Gasteiger partial charge >= 0.3 is 0 Å². The lowest BCUT2D eigenvalue weighted by atomic mass is 9.65. The molecule has 154 valence electrons. The van der Waals surface area contributed by atoms with Gasteiger partial charge in [0.25, 0.3) is 0 Å². The van der Waals surface area contributed by atoms with Gasteiger partial charge in [-0.05, 0) is 24.5 Å². The molecule has 0 bridgehead atoms. The lowest BCUT2D eigenvalue weighted by molar-refractivity contribution is -0.124. The minimum absolute atomic E-state index is 0.00108. The molecule has 0 radical (unpaired) electrons. The number of fused-ring (bicyclic) bond motifs is 3. The largest absolute Gasteiger partial charge is 0.444 e. The summed E-state index contributed by atoms with van der Waals surface area (Å²) in [5.74, 6) is -0.144. The molecular formula is C25H21N3O3. The van der Waals surface area contributed by atoms with E-state index >= 15 is 0 Å². The highest BCUT2D eigenvalue weighted by atomic mass is 16.5.